The lowest BCUT2D eigenvalue weighted by molar-refractivity contribution is -0.146. The zero-order valence-electron chi connectivity index (χ0n) is 16.0. The van der Waals surface area contributed by atoms with Crippen LogP contribution in [0.15, 0.2) is 24.3 Å². The van der Waals surface area contributed by atoms with Crippen LogP contribution in [0.25, 0.3) is 5.65 Å². The lowest BCUT2D eigenvalue weighted by atomic mass is 10.1. The number of fused-ring (bicyclic) bond motifs is 1. The van der Waals surface area contributed by atoms with E-state index in [0.29, 0.717) is 23.8 Å². The Bertz CT molecular complexity index is 1030. The van der Waals surface area contributed by atoms with Gasteiger partial charge in [-0.1, -0.05) is 0 Å². The second-order valence-electron chi connectivity index (χ2n) is 7.31. The monoisotopic (exact) mass is 408 g/mol. The van der Waals surface area contributed by atoms with E-state index < -0.39 is 12.0 Å². The third-order valence-corrected chi connectivity index (χ3v) is 5.38. The van der Waals surface area contributed by atoms with E-state index >= 15 is 0 Å². The molecule has 29 heavy (non-hydrogen) atoms. The van der Waals surface area contributed by atoms with Crippen LogP contribution >= 0.6 is 0 Å². The van der Waals surface area contributed by atoms with Gasteiger partial charge >= 0.3 is 6.18 Å². The van der Waals surface area contributed by atoms with Gasteiger partial charge in [-0.15, -0.1) is 15.3 Å². The Labute approximate surface area is 164 Å². The van der Waals surface area contributed by atoms with Crippen LogP contribution in [0, 0.1) is 25.6 Å². The Morgan fingerprint density at radius 1 is 1.10 bits per heavy atom. The quantitative estimate of drug-likeness (QED) is 0.665. The van der Waals surface area contributed by atoms with E-state index in [1.807, 2.05) is 0 Å². The molecule has 1 unspecified atom stereocenters. The molecule has 1 saturated heterocycles. The fourth-order valence-electron chi connectivity index (χ4n) is 3.60. The van der Waals surface area contributed by atoms with Crippen LogP contribution < -0.4 is 10.2 Å². The van der Waals surface area contributed by atoms with Gasteiger partial charge in [-0.05, 0) is 56.0 Å². The Hall–Kier alpha value is -2.91. The lowest BCUT2D eigenvalue weighted by Gasteiger charge is -2.19. The fraction of sp³-hybridized carbons (Fsp3) is 0.421. The number of hydrogen-bond donors (Lipinski definition) is 1. The van der Waals surface area contributed by atoms with Crippen LogP contribution in [-0.4, -0.2) is 39.4 Å². The highest BCUT2D eigenvalue weighted by molar-refractivity contribution is 5.58. The first-order chi connectivity index (χ1) is 13.7. The van der Waals surface area contributed by atoms with Crippen LogP contribution in [0.1, 0.15) is 23.4 Å². The number of halogens is 4. The number of nitrogens with one attached hydrogen (secondary N) is 1. The van der Waals surface area contributed by atoms with Crippen molar-refractivity contribution in [2.45, 2.75) is 26.4 Å². The molecule has 3 aromatic rings. The minimum atomic E-state index is -4.63. The van der Waals surface area contributed by atoms with Gasteiger partial charge in [-0.25, -0.2) is 4.39 Å². The number of rotatable bonds is 4. The summed E-state index contributed by atoms with van der Waals surface area (Å²) in [4.78, 5) is 2.17. The van der Waals surface area contributed by atoms with Gasteiger partial charge in [0.25, 0.3) is 5.82 Å². The maximum Gasteiger partial charge on any atom is 0.453 e. The lowest BCUT2D eigenvalue weighted by Crippen LogP contribution is -2.23. The second kappa shape index (κ2) is 7.16. The maximum absolute atomic E-state index is 13.2. The van der Waals surface area contributed by atoms with Crippen molar-refractivity contribution >= 4 is 17.2 Å². The van der Waals surface area contributed by atoms with Crippen molar-refractivity contribution in [3.8, 4) is 0 Å². The number of alkyl halides is 3. The SMILES string of the molecule is Cc1c(NCC2CCN(c3ccc(F)cc3)C2)nn2c(C(F)(F)F)nnc2c1C. The predicted molar refractivity (Wildman–Crippen MR) is 100 cm³/mol. The molecule has 1 aliphatic rings. The molecule has 4 rings (SSSR count). The predicted octanol–water partition coefficient (Wildman–Crippen LogP) is 3.84. The maximum atomic E-state index is 13.2. The molecular weight excluding hydrogens is 388 g/mol. The fourth-order valence-corrected chi connectivity index (χ4v) is 3.60. The first kappa shape index (κ1) is 19.4. The first-order valence-corrected chi connectivity index (χ1v) is 9.28. The normalized spacial score (nSPS) is 17.3. The topological polar surface area (TPSA) is 58.4 Å². The van der Waals surface area contributed by atoms with E-state index in [1.165, 1.54) is 12.1 Å². The summed E-state index contributed by atoms with van der Waals surface area (Å²) in [5, 5.41) is 14.2. The van der Waals surface area contributed by atoms with Gasteiger partial charge in [0.2, 0.25) is 0 Å². The molecule has 0 amide bonds. The van der Waals surface area contributed by atoms with Crippen molar-refractivity contribution in [1.29, 1.82) is 0 Å². The molecule has 2 aromatic heterocycles. The molecule has 0 radical (unpaired) electrons. The molecule has 0 spiro atoms. The van der Waals surface area contributed by atoms with Crippen molar-refractivity contribution < 1.29 is 17.6 Å². The number of aryl methyl sites for hydroxylation is 1. The van der Waals surface area contributed by atoms with Crippen molar-refractivity contribution in [3.05, 3.63) is 47.0 Å². The first-order valence-electron chi connectivity index (χ1n) is 9.28. The van der Waals surface area contributed by atoms with E-state index in [0.717, 1.165) is 35.3 Å². The Morgan fingerprint density at radius 2 is 1.83 bits per heavy atom. The van der Waals surface area contributed by atoms with Crippen LogP contribution in [0.2, 0.25) is 0 Å². The molecule has 0 saturated carbocycles. The molecule has 1 N–H and O–H groups in total. The summed E-state index contributed by atoms with van der Waals surface area (Å²) in [5.74, 6) is -0.728. The number of aromatic nitrogens is 4. The Kier molecular flexibility index (Phi) is 4.79. The van der Waals surface area contributed by atoms with Gasteiger partial charge in [-0.3, -0.25) is 0 Å². The van der Waals surface area contributed by atoms with Gasteiger partial charge in [0, 0.05) is 30.9 Å². The second-order valence-corrected chi connectivity index (χ2v) is 7.31. The van der Waals surface area contributed by atoms with E-state index in [-0.39, 0.29) is 11.5 Å². The third-order valence-electron chi connectivity index (χ3n) is 5.38. The van der Waals surface area contributed by atoms with E-state index in [9.17, 15) is 17.6 Å². The molecule has 3 heterocycles. The molecular formula is C19H20F4N6. The highest BCUT2D eigenvalue weighted by Gasteiger charge is 2.38. The zero-order chi connectivity index (χ0) is 20.8. The van der Waals surface area contributed by atoms with E-state index in [2.05, 4.69) is 25.5 Å². The van der Waals surface area contributed by atoms with Crippen molar-refractivity contribution in [2.75, 3.05) is 29.9 Å². The van der Waals surface area contributed by atoms with Crippen molar-refractivity contribution in [2.24, 2.45) is 5.92 Å². The van der Waals surface area contributed by atoms with Crippen LogP contribution in [0.4, 0.5) is 29.1 Å². The molecule has 0 aliphatic carbocycles. The number of benzene rings is 1. The highest BCUT2D eigenvalue weighted by Crippen LogP contribution is 2.30. The van der Waals surface area contributed by atoms with Crippen molar-refractivity contribution in [3.63, 3.8) is 0 Å². The molecule has 1 aliphatic heterocycles. The molecule has 154 valence electrons. The summed E-state index contributed by atoms with van der Waals surface area (Å²) in [6.45, 7) is 5.69. The van der Waals surface area contributed by atoms with Crippen LogP contribution in [0.5, 0.6) is 0 Å². The molecule has 6 nitrogen and oxygen atoms in total. The average molecular weight is 408 g/mol. The number of nitrogens with zero attached hydrogens (tertiary/aromatic N) is 5. The number of anilines is 2. The summed E-state index contributed by atoms with van der Waals surface area (Å²) < 4.78 is 53.3. The third kappa shape index (κ3) is 3.70. The summed E-state index contributed by atoms with van der Waals surface area (Å²) in [6, 6.07) is 6.37. The summed E-state index contributed by atoms with van der Waals surface area (Å²) in [7, 11) is 0. The Balaban J connectivity index is 1.50. The molecule has 10 heteroatoms. The zero-order valence-corrected chi connectivity index (χ0v) is 16.0. The van der Waals surface area contributed by atoms with Gasteiger partial charge in [0.1, 0.15) is 11.6 Å². The van der Waals surface area contributed by atoms with Crippen LogP contribution in [0.3, 0.4) is 0 Å². The summed E-state index contributed by atoms with van der Waals surface area (Å²) >= 11 is 0. The molecule has 1 atom stereocenters. The van der Waals surface area contributed by atoms with E-state index in [4.69, 9.17) is 0 Å². The minimum Gasteiger partial charge on any atom is -0.371 e. The highest BCUT2D eigenvalue weighted by atomic mass is 19.4. The summed E-state index contributed by atoms with van der Waals surface area (Å²) in [6.07, 6.45) is -3.71. The van der Waals surface area contributed by atoms with Crippen LogP contribution in [-0.2, 0) is 6.18 Å². The largest absolute Gasteiger partial charge is 0.453 e. The smallest absolute Gasteiger partial charge is 0.371 e. The van der Waals surface area contributed by atoms with Gasteiger partial charge < -0.3 is 10.2 Å². The number of hydrogen-bond acceptors (Lipinski definition) is 5. The molecule has 0 bridgehead atoms. The van der Waals surface area contributed by atoms with Gasteiger partial charge in [0.15, 0.2) is 5.65 Å². The average Bonchev–Trinajstić information content (AvgIpc) is 3.31. The van der Waals surface area contributed by atoms with Gasteiger partial charge in [0.05, 0.1) is 0 Å². The van der Waals surface area contributed by atoms with Crippen molar-refractivity contribution in [1.82, 2.24) is 19.8 Å². The minimum absolute atomic E-state index is 0.101. The summed E-state index contributed by atoms with van der Waals surface area (Å²) in [5.41, 5.74) is 2.40. The molecule has 1 aromatic carbocycles. The van der Waals surface area contributed by atoms with Gasteiger partial charge in [-0.2, -0.15) is 17.7 Å². The standard InChI is InChI=1S/C19H20F4N6/c1-11-12(2)17-25-26-18(19(21,22)23)29(17)27-16(11)24-9-13-7-8-28(10-13)15-5-3-14(20)4-6-15/h3-6,13H,7-10H2,1-2H3,(H,24,27). The van der Waals surface area contributed by atoms with E-state index in [1.54, 1.807) is 26.0 Å². The Morgan fingerprint density at radius 3 is 2.52 bits per heavy atom. The molecule has 1 fully saturated rings.